The SMILES string of the molecule is CCOCN(C(=O)OC(C)(C)C)C1CCc2cc(OC(=O)OC(C)(C)C)c(OC)c(OC)c2-c2ccc(SC)c(=O)cc21. The molecule has 1 amide bonds. The van der Waals surface area contributed by atoms with Crippen LogP contribution in [-0.4, -0.2) is 62.2 Å². The molecular formula is C32H43NO9S. The van der Waals surface area contributed by atoms with Gasteiger partial charge in [-0.3, -0.25) is 9.69 Å². The van der Waals surface area contributed by atoms with Crippen LogP contribution in [0.1, 0.15) is 72.1 Å². The molecule has 0 spiro atoms. The van der Waals surface area contributed by atoms with Gasteiger partial charge in [-0.1, -0.05) is 6.07 Å². The highest BCUT2D eigenvalue weighted by molar-refractivity contribution is 7.98. The van der Waals surface area contributed by atoms with Crippen molar-refractivity contribution in [3.05, 3.63) is 45.6 Å². The number of aryl methyl sites for hydroxylation is 1. The van der Waals surface area contributed by atoms with Crippen molar-refractivity contribution in [2.45, 2.75) is 83.4 Å². The first-order valence-electron chi connectivity index (χ1n) is 14.1. The molecule has 2 aromatic carbocycles. The summed E-state index contributed by atoms with van der Waals surface area (Å²) in [5.74, 6) is 0.632. The molecule has 1 atom stereocenters. The molecule has 2 aromatic rings. The molecule has 11 heteroatoms. The molecule has 0 saturated carbocycles. The van der Waals surface area contributed by atoms with Gasteiger partial charge in [0.05, 0.1) is 25.2 Å². The highest BCUT2D eigenvalue weighted by Gasteiger charge is 2.36. The highest BCUT2D eigenvalue weighted by Crippen LogP contribution is 2.51. The molecule has 0 heterocycles. The maximum absolute atomic E-state index is 13.6. The lowest BCUT2D eigenvalue weighted by Crippen LogP contribution is -2.41. The molecule has 0 aromatic heterocycles. The number of carbonyl (C=O) groups is 2. The lowest BCUT2D eigenvalue weighted by Gasteiger charge is -2.33. The van der Waals surface area contributed by atoms with Gasteiger partial charge < -0.3 is 28.4 Å². The first-order valence-corrected chi connectivity index (χ1v) is 15.3. The zero-order chi connectivity index (χ0) is 32.1. The Morgan fingerprint density at radius 1 is 0.977 bits per heavy atom. The van der Waals surface area contributed by atoms with Crippen molar-refractivity contribution >= 4 is 24.0 Å². The first-order chi connectivity index (χ1) is 20.1. The number of fused-ring (bicyclic) bond motifs is 3. The van der Waals surface area contributed by atoms with Crippen LogP contribution in [0.25, 0.3) is 11.1 Å². The van der Waals surface area contributed by atoms with Gasteiger partial charge in [-0.15, -0.1) is 11.8 Å². The molecule has 0 N–H and O–H groups in total. The predicted octanol–water partition coefficient (Wildman–Crippen LogP) is 6.99. The fourth-order valence-corrected chi connectivity index (χ4v) is 5.30. The molecule has 236 valence electrons. The Morgan fingerprint density at radius 3 is 2.19 bits per heavy atom. The summed E-state index contributed by atoms with van der Waals surface area (Å²) in [7, 11) is 2.94. The maximum atomic E-state index is 13.6. The third-order valence-electron chi connectivity index (χ3n) is 6.49. The van der Waals surface area contributed by atoms with E-state index in [9.17, 15) is 14.4 Å². The molecule has 0 bridgehead atoms. The molecule has 0 fully saturated rings. The van der Waals surface area contributed by atoms with E-state index in [1.165, 1.54) is 30.9 Å². The monoisotopic (exact) mass is 617 g/mol. The lowest BCUT2D eigenvalue weighted by molar-refractivity contribution is -0.0271. The van der Waals surface area contributed by atoms with E-state index in [2.05, 4.69) is 0 Å². The van der Waals surface area contributed by atoms with E-state index in [0.717, 1.165) is 5.56 Å². The third kappa shape index (κ3) is 8.35. The lowest BCUT2D eigenvalue weighted by atomic mass is 9.95. The van der Waals surface area contributed by atoms with Crippen molar-refractivity contribution in [1.29, 1.82) is 0 Å². The number of hydrogen-bond donors (Lipinski definition) is 0. The van der Waals surface area contributed by atoms with Gasteiger partial charge in [0.25, 0.3) is 0 Å². The van der Waals surface area contributed by atoms with E-state index in [0.29, 0.717) is 46.8 Å². The Kier molecular flexibility index (Phi) is 11.0. The van der Waals surface area contributed by atoms with E-state index < -0.39 is 29.5 Å². The molecule has 43 heavy (non-hydrogen) atoms. The molecule has 1 aliphatic rings. The van der Waals surface area contributed by atoms with E-state index in [1.807, 2.05) is 19.2 Å². The van der Waals surface area contributed by atoms with Crippen LogP contribution in [0.5, 0.6) is 17.2 Å². The summed E-state index contributed by atoms with van der Waals surface area (Å²) in [4.78, 5) is 41.7. The summed E-state index contributed by atoms with van der Waals surface area (Å²) >= 11 is 1.33. The van der Waals surface area contributed by atoms with Crippen LogP contribution in [0.3, 0.4) is 0 Å². The number of nitrogens with zero attached hydrogens (tertiary/aromatic N) is 1. The van der Waals surface area contributed by atoms with Gasteiger partial charge in [0.15, 0.2) is 16.9 Å². The van der Waals surface area contributed by atoms with Crippen LogP contribution in [0.15, 0.2) is 34.0 Å². The highest BCUT2D eigenvalue weighted by atomic mass is 32.2. The second-order valence-electron chi connectivity index (χ2n) is 11.9. The van der Waals surface area contributed by atoms with Crippen molar-refractivity contribution in [2.75, 3.05) is 33.8 Å². The minimum absolute atomic E-state index is 0.0402. The topological polar surface area (TPSA) is 110 Å². The number of ether oxygens (including phenoxy) is 6. The van der Waals surface area contributed by atoms with Gasteiger partial charge >= 0.3 is 12.2 Å². The molecule has 0 aliphatic heterocycles. The fraction of sp³-hybridized carbons (Fsp3) is 0.531. The number of rotatable bonds is 8. The fourth-order valence-electron chi connectivity index (χ4n) is 4.84. The van der Waals surface area contributed by atoms with Crippen LogP contribution in [-0.2, 0) is 20.6 Å². The number of hydrogen-bond acceptors (Lipinski definition) is 10. The largest absolute Gasteiger partial charge is 0.514 e. The van der Waals surface area contributed by atoms with Gasteiger partial charge in [-0.25, -0.2) is 9.59 Å². The molecule has 10 nitrogen and oxygen atoms in total. The minimum Gasteiger partial charge on any atom is -0.492 e. The summed E-state index contributed by atoms with van der Waals surface area (Å²) in [6.45, 7) is 12.8. The van der Waals surface area contributed by atoms with Crippen molar-refractivity contribution < 1.29 is 38.0 Å². The summed E-state index contributed by atoms with van der Waals surface area (Å²) < 4.78 is 34.1. The molecule has 0 radical (unpaired) electrons. The van der Waals surface area contributed by atoms with Gasteiger partial charge in [0, 0.05) is 12.2 Å². The van der Waals surface area contributed by atoms with Crippen LogP contribution in [0.4, 0.5) is 9.59 Å². The van der Waals surface area contributed by atoms with E-state index >= 15 is 0 Å². The predicted molar refractivity (Wildman–Crippen MR) is 166 cm³/mol. The average molecular weight is 618 g/mol. The number of amides is 1. The van der Waals surface area contributed by atoms with Crippen molar-refractivity contribution in [2.24, 2.45) is 0 Å². The quantitative estimate of drug-likeness (QED) is 0.133. The zero-order valence-electron chi connectivity index (χ0n) is 26.7. The number of benzene rings is 1. The first kappa shape index (κ1) is 34.1. The van der Waals surface area contributed by atoms with Crippen molar-refractivity contribution in [1.82, 2.24) is 4.90 Å². The molecule has 3 rings (SSSR count). The van der Waals surface area contributed by atoms with Crippen LogP contribution < -0.4 is 19.6 Å². The van der Waals surface area contributed by atoms with Crippen LogP contribution >= 0.6 is 11.8 Å². The van der Waals surface area contributed by atoms with Gasteiger partial charge in [0.1, 0.15) is 17.9 Å². The van der Waals surface area contributed by atoms with E-state index in [-0.39, 0.29) is 23.7 Å². The summed E-state index contributed by atoms with van der Waals surface area (Å²) in [5.41, 5.74) is 1.01. The Bertz CT molecular complexity index is 1400. The number of thioether (sulfide) groups is 1. The second kappa shape index (κ2) is 13.9. The Morgan fingerprint density at radius 2 is 1.63 bits per heavy atom. The third-order valence-corrected chi connectivity index (χ3v) is 7.27. The molecular weight excluding hydrogens is 574 g/mol. The average Bonchev–Trinajstić information content (AvgIpc) is 3.14. The van der Waals surface area contributed by atoms with E-state index in [4.69, 9.17) is 28.4 Å². The zero-order valence-corrected chi connectivity index (χ0v) is 27.6. The standard InChI is InChI=1S/C32H43NO9S/c1-11-39-18-33(29(35)41-31(2,3)4)22-14-12-19-16-24(40-30(36)42-32(5,6)7)27(37-8)28(38-9)26(19)20-13-15-25(43-10)23(34)17-21(20)22/h13,15-17,22H,11-12,14,18H2,1-10H3. The Labute approximate surface area is 257 Å². The van der Waals surface area contributed by atoms with Crippen LogP contribution in [0.2, 0.25) is 0 Å². The summed E-state index contributed by atoms with van der Waals surface area (Å²) in [5, 5.41) is 0. The Hall–Kier alpha value is -3.44. The molecule has 0 saturated heterocycles. The van der Waals surface area contributed by atoms with E-state index in [1.54, 1.807) is 59.7 Å². The molecule has 1 aliphatic carbocycles. The van der Waals surface area contributed by atoms with Gasteiger partial charge in [0.2, 0.25) is 5.75 Å². The van der Waals surface area contributed by atoms with Crippen molar-refractivity contribution in [3.63, 3.8) is 0 Å². The summed E-state index contributed by atoms with van der Waals surface area (Å²) in [6.07, 6.45) is 1.22. The number of carbonyl (C=O) groups excluding carboxylic acids is 2. The van der Waals surface area contributed by atoms with Gasteiger partial charge in [-0.2, -0.15) is 0 Å². The van der Waals surface area contributed by atoms with Crippen LogP contribution in [0, 0.1) is 0 Å². The second-order valence-corrected chi connectivity index (χ2v) is 12.8. The number of methoxy groups -OCH3 is 2. The normalized spacial score (nSPS) is 14.5. The smallest absolute Gasteiger partial charge is 0.492 e. The minimum atomic E-state index is -0.889. The summed E-state index contributed by atoms with van der Waals surface area (Å²) in [6, 6.07) is 6.30. The van der Waals surface area contributed by atoms with Crippen molar-refractivity contribution in [3.8, 4) is 28.4 Å². The van der Waals surface area contributed by atoms with Gasteiger partial charge in [-0.05, 0) is 102 Å². The molecule has 1 unspecified atom stereocenters. The maximum Gasteiger partial charge on any atom is 0.514 e. The Balaban J connectivity index is 2.32.